The lowest BCUT2D eigenvalue weighted by atomic mass is 10.1. The Kier molecular flexibility index (Phi) is 3.18. The van der Waals surface area contributed by atoms with Crippen molar-refractivity contribution in [2.75, 3.05) is 16.8 Å². The van der Waals surface area contributed by atoms with Gasteiger partial charge in [0.15, 0.2) is 0 Å². The maximum absolute atomic E-state index is 12.4. The minimum atomic E-state index is -0.0556. The SMILES string of the molecule is Cc1cc(C)cc(NC(=O)N2CCc3ccccc32)c1. The summed E-state index contributed by atoms with van der Waals surface area (Å²) in [5.74, 6) is 0. The van der Waals surface area contributed by atoms with Gasteiger partial charge in [-0.1, -0.05) is 24.3 Å². The maximum Gasteiger partial charge on any atom is 0.326 e. The third-order valence-corrected chi connectivity index (χ3v) is 3.61. The first-order valence-electron chi connectivity index (χ1n) is 6.88. The van der Waals surface area contributed by atoms with Gasteiger partial charge >= 0.3 is 6.03 Å². The minimum Gasteiger partial charge on any atom is -0.308 e. The van der Waals surface area contributed by atoms with Crippen molar-refractivity contribution in [1.82, 2.24) is 0 Å². The van der Waals surface area contributed by atoms with Gasteiger partial charge < -0.3 is 5.32 Å². The molecule has 3 nitrogen and oxygen atoms in total. The van der Waals surface area contributed by atoms with E-state index in [-0.39, 0.29) is 6.03 Å². The van der Waals surface area contributed by atoms with Crippen LogP contribution in [0, 0.1) is 13.8 Å². The molecule has 1 heterocycles. The van der Waals surface area contributed by atoms with Crippen LogP contribution in [0.1, 0.15) is 16.7 Å². The molecule has 3 heteroatoms. The Morgan fingerprint density at radius 3 is 2.55 bits per heavy atom. The summed E-state index contributed by atoms with van der Waals surface area (Å²) in [4.78, 5) is 14.2. The summed E-state index contributed by atoms with van der Waals surface area (Å²) >= 11 is 0. The lowest BCUT2D eigenvalue weighted by molar-refractivity contribution is 0.257. The van der Waals surface area contributed by atoms with E-state index in [0.29, 0.717) is 0 Å². The standard InChI is InChI=1S/C17H18N2O/c1-12-9-13(2)11-15(10-12)18-17(20)19-8-7-14-5-3-4-6-16(14)19/h3-6,9-11H,7-8H2,1-2H3,(H,18,20). The number of carbonyl (C=O) groups is 1. The Bertz CT molecular complexity index is 644. The molecule has 0 spiro atoms. The predicted molar refractivity (Wildman–Crippen MR) is 82.4 cm³/mol. The molecule has 0 radical (unpaired) electrons. The third-order valence-electron chi connectivity index (χ3n) is 3.61. The fourth-order valence-electron chi connectivity index (χ4n) is 2.79. The fraction of sp³-hybridized carbons (Fsp3) is 0.235. The summed E-state index contributed by atoms with van der Waals surface area (Å²) in [5.41, 5.74) is 5.43. The van der Waals surface area contributed by atoms with Crippen LogP contribution in [0.3, 0.4) is 0 Å². The highest BCUT2D eigenvalue weighted by Crippen LogP contribution is 2.28. The molecular formula is C17H18N2O. The van der Waals surface area contributed by atoms with Crippen LogP contribution in [-0.2, 0) is 6.42 Å². The summed E-state index contributed by atoms with van der Waals surface area (Å²) in [6.07, 6.45) is 0.927. The number of urea groups is 1. The highest BCUT2D eigenvalue weighted by molar-refractivity contribution is 6.03. The van der Waals surface area contributed by atoms with Crippen LogP contribution >= 0.6 is 0 Å². The Morgan fingerprint density at radius 2 is 1.80 bits per heavy atom. The van der Waals surface area contributed by atoms with E-state index in [0.717, 1.165) is 35.5 Å². The van der Waals surface area contributed by atoms with Gasteiger partial charge in [-0.25, -0.2) is 4.79 Å². The number of nitrogens with one attached hydrogen (secondary N) is 1. The average Bonchev–Trinajstić information content (AvgIpc) is 2.81. The van der Waals surface area contributed by atoms with Crippen LogP contribution in [0.2, 0.25) is 0 Å². The normalized spacial score (nSPS) is 13.2. The lowest BCUT2D eigenvalue weighted by Gasteiger charge is -2.18. The second-order valence-corrected chi connectivity index (χ2v) is 5.34. The summed E-state index contributed by atoms with van der Waals surface area (Å²) in [5, 5.41) is 2.99. The number of para-hydroxylation sites is 1. The van der Waals surface area contributed by atoms with Crippen LogP contribution in [0.5, 0.6) is 0 Å². The van der Waals surface area contributed by atoms with Gasteiger partial charge in [0, 0.05) is 17.9 Å². The van der Waals surface area contributed by atoms with Crippen LogP contribution in [0.25, 0.3) is 0 Å². The summed E-state index contributed by atoms with van der Waals surface area (Å²) in [6, 6.07) is 14.1. The molecule has 0 aromatic heterocycles. The third kappa shape index (κ3) is 2.39. The van der Waals surface area contributed by atoms with Crippen molar-refractivity contribution in [1.29, 1.82) is 0 Å². The Hall–Kier alpha value is -2.29. The van der Waals surface area contributed by atoms with Crippen molar-refractivity contribution in [2.45, 2.75) is 20.3 Å². The Labute approximate surface area is 119 Å². The lowest BCUT2D eigenvalue weighted by Crippen LogP contribution is -2.33. The average molecular weight is 266 g/mol. The van der Waals surface area contributed by atoms with Crippen molar-refractivity contribution < 1.29 is 4.79 Å². The molecule has 2 aromatic carbocycles. The number of hydrogen-bond donors (Lipinski definition) is 1. The number of aryl methyl sites for hydroxylation is 2. The minimum absolute atomic E-state index is 0.0556. The van der Waals surface area contributed by atoms with Gasteiger partial charge in [-0.05, 0) is 55.2 Å². The van der Waals surface area contributed by atoms with E-state index in [9.17, 15) is 4.79 Å². The van der Waals surface area contributed by atoms with Crippen molar-refractivity contribution in [3.63, 3.8) is 0 Å². The first kappa shape index (κ1) is 12.7. The van der Waals surface area contributed by atoms with E-state index in [1.807, 2.05) is 49.1 Å². The van der Waals surface area contributed by atoms with E-state index >= 15 is 0 Å². The number of benzene rings is 2. The monoisotopic (exact) mass is 266 g/mol. The zero-order valence-electron chi connectivity index (χ0n) is 11.8. The van der Waals surface area contributed by atoms with Crippen molar-refractivity contribution in [3.8, 4) is 0 Å². The quantitative estimate of drug-likeness (QED) is 0.834. The molecule has 1 N–H and O–H groups in total. The van der Waals surface area contributed by atoms with Crippen LogP contribution in [0.15, 0.2) is 42.5 Å². The number of amides is 2. The van der Waals surface area contributed by atoms with Gasteiger partial charge in [0.25, 0.3) is 0 Å². The zero-order valence-corrected chi connectivity index (χ0v) is 11.8. The van der Waals surface area contributed by atoms with Gasteiger partial charge in [0.2, 0.25) is 0 Å². The fourth-order valence-corrected chi connectivity index (χ4v) is 2.79. The zero-order chi connectivity index (χ0) is 14.1. The number of hydrogen-bond acceptors (Lipinski definition) is 1. The number of rotatable bonds is 1. The Morgan fingerprint density at radius 1 is 1.10 bits per heavy atom. The van der Waals surface area contributed by atoms with Gasteiger partial charge in [-0.15, -0.1) is 0 Å². The first-order valence-corrected chi connectivity index (χ1v) is 6.88. The molecule has 20 heavy (non-hydrogen) atoms. The summed E-state index contributed by atoms with van der Waals surface area (Å²) < 4.78 is 0. The largest absolute Gasteiger partial charge is 0.326 e. The van der Waals surface area contributed by atoms with E-state index in [2.05, 4.69) is 17.4 Å². The molecule has 2 amide bonds. The van der Waals surface area contributed by atoms with Gasteiger partial charge in [-0.2, -0.15) is 0 Å². The molecule has 0 atom stereocenters. The smallest absolute Gasteiger partial charge is 0.308 e. The molecule has 0 fully saturated rings. The van der Waals surface area contributed by atoms with E-state index in [1.165, 1.54) is 5.56 Å². The molecule has 0 unspecified atom stereocenters. The number of carbonyl (C=O) groups excluding carboxylic acids is 1. The van der Waals surface area contributed by atoms with Gasteiger partial charge in [-0.3, -0.25) is 4.90 Å². The van der Waals surface area contributed by atoms with Crippen molar-refractivity contribution in [3.05, 3.63) is 59.2 Å². The summed E-state index contributed by atoms with van der Waals surface area (Å²) in [6.45, 7) is 4.82. The van der Waals surface area contributed by atoms with Gasteiger partial charge in [0.1, 0.15) is 0 Å². The highest BCUT2D eigenvalue weighted by Gasteiger charge is 2.24. The topological polar surface area (TPSA) is 32.3 Å². The molecule has 0 aliphatic carbocycles. The van der Waals surface area contributed by atoms with Crippen LogP contribution in [0.4, 0.5) is 16.2 Å². The first-order chi connectivity index (χ1) is 9.63. The van der Waals surface area contributed by atoms with Crippen molar-refractivity contribution in [2.24, 2.45) is 0 Å². The molecule has 2 aromatic rings. The predicted octanol–water partition coefficient (Wildman–Crippen LogP) is 3.90. The molecule has 102 valence electrons. The van der Waals surface area contributed by atoms with Crippen LogP contribution in [-0.4, -0.2) is 12.6 Å². The number of nitrogens with zero attached hydrogens (tertiary/aromatic N) is 1. The van der Waals surface area contributed by atoms with Crippen LogP contribution < -0.4 is 10.2 Å². The van der Waals surface area contributed by atoms with Gasteiger partial charge in [0.05, 0.1) is 0 Å². The number of anilines is 2. The molecule has 1 aliphatic rings. The molecule has 1 aliphatic heterocycles. The maximum atomic E-state index is 12.4. The van der Waals surface area contributed by atoms with E-state index in [4.69, 9.17) is 0 Å². The van der Waals surface area contributed by atoms with Crippen molar-refractivity contribution >= 4 is 17.4 Å². The molecule has 0 bridgehead atoms. The van der Waals surface area contributed by atoms with E-state index < -0.39 is 0 Å². The van der Waals surface area contributed by atoms with E-state index in [1.54, 1.807) is 0 Å². The molecule has 0 saturated carbocycles. The molecular weight excluding hydrogens is 248 g/mol. The Balaban J connectivity index is 1.81. The summed E-state index contributed by atoms with van der Waals surface area (Å²) in [7, 11) is 0. The molecule has 0 saturated heterocycles. The second-order valence-electron chi connectivity index (χ2n) is 5.34. The highest BCUT2D eigenvalue weighted by atomic mass is 16.2. The number of fused-ring (bicyclic) bond motifs is 1. The molecule has 3 rings (SSSR count). The second kappa shape index (κ2) is 5.00.